The highest BCUT2D eigenvalue weighted by atomic mass is 19.3. The molecule has 16 heteroatoms. The fraction of sp³-hybridized carbons (Fsp3) is 0.533. The van der Waals surface area contributed by atoms with Crippen LogP contribution in [0.15, 0.2) is 84.9 Å². The summed E-state index contributed by atoms with van der Waals surface area (Å²) in [6.45, 7) is 16.6. The monoisotopic (exact) mass is 1060 g/mol. The lowest BCUT2D eigenvalue weighted by Gasteiger charge is -2.38. The molecule has 6 rings (SSSR count). The van der Waals surface area contributed by atoms with Gasteiger partial charge in [-0.15, -0.1) is 0 Å². The second-order valence-electron chi connectivity index (χ2n) is 22.1. The molecule has 0 aliphatic carbocycles. The van der Waals surface area contributed by atoms with E-state index in [9.17, 15) is 46.3 Å². The van der Waals surface area contributed by atoms with Crippen molar-refractivity contribution in [1.29, 1.82) is 0 Å². The van der Waals surface area contributed by atoms with Gasteiger partial charge < -0.3 is 19.3 Å². The first kappa shape index (κ1) is 60.5. The number of ketones is 4. The molecule has 2 aromatic carbocycles. The molecule has 4 atom stereocenters. The zero-order valence-electron chi connectivity index (χ0n) is 45.9. The van der Waals surface area contributed by atoms with Gasteiger partial charge in [-0.1, -0.05) is 88.4 Å². The number of aromatic nitrogens is 2. The lowest BCUT2D eigenvalue weighted by molar-refractivity contribution is -0.112. The lowest BCUT2D eigenvalue weighted by atomic mass is 9.87. The van der Waals surface area contributed by atoms with Gasteiger partial charge in [0.15, 0.2) is 23.1 Å². The number of benzene rings is 2. The number of nitrogens with zero attached hydrogens (tertiary/aromatic N) is 4. The van der Waals surface area contributed by atoms with Gasteiger partial charge in [-0.3, -0.25) is 19.2 Å². The van der Waals surface area contributed by atoms with Gasteiger partial charge >= 0.3 is 12.2 Å². The van der Waals surface area contributed by atoms with Gasteiger partial charge in [0.25, 0.3) is 11.8 Å². The molecule has 4 heterocycles. The number of likely N-dealkylation sites (tertiary alicyclic amines) is 2. The molecule has 2 amide bonds. The average Bonchev–Trinajstić information content (AvgIpc) is 3.37. The van der Waals surface area contributed by atoms with Crippen molar-refractivity contribution in [3.05, 3.63) is 130 Å². The fourth-order valence-corrected chi connectivity index (χ4v) is 9.30. The van der Waals surface area contributed by atoms with E-state index in [1.54, 1.807) is 67.5 Å². The van der Waals surface area contributed by atoms with Crippen LogP contribution < -0.4 is 0 Å². The van der Waals surface area contributed by atoms with Crippen molar-refractivity contribution in [2.24, 2.45) is 11.8 Å². The average molecular weight is 1060 g/mol. The van der Waals surface area contributed by atoms with E-state index in [0.717, 1.165) is 20.9 Å². The summed E-state index contributed by atoms with van der Waals surface area (Å²) in [6.07, 6.45) is 0.428. The van der Waals surface area contributed by atoms with E-state index in [-0.39, 0.29) is 124 Å². The minimum atomic E-state index is -3.06. The van der Waals surface area contributed by atoms with Crippen molar-refractivity contribution < 1.29 is 55.8 Å². The van der Waals surface area contributed by atoms with Crippen molar-refractivity contribution in [3.8, 4) is 0 Å². The summed E-state index contributed by atoms with van der Waals surface area (Å²) in [4.78, 5) is 86.7. The molecule has 76 heavy (non-hydrogen) atoms. The number of halogens is 4. The largest absolute Gasteiger partial charge is 0.444 e. The molecule has 412 valence electrons. The van der Waals surface area contributed by atoms with E-state index < -0.39 is 60.2 Å². The minimum Gasteiger partial charge on any atom is -0.444 e. The van der Waals surface area contributed by atoms with Gasteiger partial charge in [0.2, 0.25) is 0 Å². The number of rotatable bonds is 18. The number of carbonyl (C=O) groups is 6. The highest BCUT2D eigenvalue weighted by molar-refractivity contribution is 6.01. The highest BCUT2D eigenvalue weighted by Crippen LogP contribution is 2.39. The number of Topliss-reactive ketones (excluding diaryl/α,β-unsaturated/α-hetero) is 4. The molecule has 2 aromatic heterocycles. The SMILES string of the molecule is CCC(=O)c1cc(C(=O)CCC[C@@H]2CCN(C(=O)OC(C)(C)C)CC2(F)F)cc([C@@H](C)c2ccccc2)n1.CCC(=O)c1cc(C(=O)CCC[C@H]2CCN(C(=O)OC(C)(C)C)CC2(F)F)cc([C@@H](C)c2ccccc2)n1. The first-order chi connectivity index (χ1) is 35.6. The molecular weight excluding hydrogens is 981 g/mol. The maximum absolute atomic E-state index is 14.9. The second kappa shape index (κ2) is 26.2. The van der Waals surface area contributed by atoms with Crippen LogP contribution in [0.3, 0.4) is 0 Å². The van der Waals surface area contributed by atoms with Gasteiger partial charge in [0.1, 0.15) is 22.6 Å². The van der Waals surface area contributed by atoms with Crippen LogP contribution in [0.4, 0.5) is 27.2 Å². The number of hydrogen-bond acceptors (Lipinski definition) is 10. The zero-order chi connectivity index (χ0) is 56.2. The Hall–Kier alpha value is -6.32. The molecule has 0 unspecified atom stereocenters. The number of ether oxygens (including phenoxy) is 2. The Morgan fingerprint density at radius 1 is 0.566 bits per heavy atom. The van der Waals surface area contributed by atoms with E-state index in [2.05, 4.69) is 9.97 Å². The maximum Gasteiger partial charge on any atom is 0.410 e. The number of alkyl halides is 4. The fourth-order valence-electron chi connectivity index (χ4n) is 9.30. The van der Waals surface area contributed by atoms with Crippen LogP contribution in [0.2, 0.25) is 0 Å². The van der Waals surface area contributed by atoms with E-state index in [0.29, 0.717) is 22.5 Å². The predicted molar refractivity (Wildman–Crippen MR) is 284 cm³/mol. The summed E-state index contributed by atoms with van der Waals surface area (Å²) in [6, 6.07) is 25.9. The molecule has 4 aromatic rings. The van der Waals surface area contributed by atoms with Crippen LogP contribution >= 0.6 is 0 Å². The molecule has 0 N–H and O–H groups in total. The summed E-state index contributed by atoms with van der Waals surface area (Å²) in [5, 5.41) is 0. The summed E-state index contributed by atoms with van der Waals surface area (Å²) < 4.78 is 69.9. The van der Waals surface area contributed by atoms with Gasteiger partial charge in [0.05, 0.1) is 13.1 Å². The van der Waals surface area contributed by atoms with Crippen molar-refractivity contribution in [3.63, 3.8) is 0 Å². The standard InChI is InChI=1S/2C30H38F2N2O4/c2*1-6-26(35)25-18-22(17-24(33-25)20(2)21-11-8-7-9-12-21)27(36)14-10-13-23-15-16-34(19-30(23,31)32)28(37)38-29(3,4)5/h2*7-9,11-12,17-18,20,23H,6,10,13-16,19H2,1-5H3/t20-,23+;20-,23-/m00/s1. The Bertz CT molecular complexity index is 2470. The van der Waals surface area contributed by atoms with Crippen LogP contribution in [0.25, 0.3) is 0 Å². The lowest BCUT2D eigenvalue weighted by Crippen LogP contribution is -2.51. The second-order valence-corrected chi connectivity index (χ2v) is 22.1. The van der Waals surface area contributed by atoms with E-state index in [1.165, 1.54) is 12.1 Å². The van der Waals surface area contributed by atoms with Crippen molar-refractivity contribution in [1.82, 2.24) is 19.8 Å². The highest BCUT2D eigenvalue weighted by Gasteiger charge is 2.47. The Morgan fingerprint density at radius 2 is 0.908 bits per heavy atom. The van der Waals surface area contributed by atoms with Gasteiger partial charge in [-0.05, 0) is 115 Å². The van der Waals surface area contributed by atoms with Crippen molar-refractivity contribution in [2.45, 2.75) is 168 Å². The molecule has 0 bridgehead atoms. The number of amides is 2. The minimum absolute atomic E-state index is 0.0886. The smallest absolute Gasteiger partial charge is 0.410 e. The normalized spacial score (nSPS) is 18.1. The third-order valence-electron chi connectivity index (χ3n) is 13.7. The molecule has 2 aliphatic rings. The zero-order valence-corrected chi connectivity index (χ0v) is 45.9. The van der Waals surface area contributed by atoms with Crippen molar-refractivity contribution in [2.75, 3.05) is 26.2 Å². The number of carbonyl (C=O) groups excluding carboxylic acids is 6. The number of pyridine rings is 2. The summed E-state index contributed by atoms with van der Waals surface area (Å²) in [5.41, 5.74) is 3.02. The predicted octanol–water partition coefficient (Wildman–Crippen LogP) is 14.1. The van der Waals surface area contributed by atoms with Crippen LogP contribution in [-0.2, 0) is 9.47 Å². The molecule has 12 nitrogen and oxygen atoms in total. The van der Waals surface area contributed by atoms with Crippen LogP contribution in [-0.4, -0.2) is 104 Å². The van der Waals surface area contributed by atoms with Gasteiger partial charge in [0, 0.05) is 85.0 Å². The quantitative estimate of drug-likeness (QED) is 0.0695. The molecule has 2 saturated heterocycles. The molecule has 2 aliphatic heterocycles. The first-order valence-corrected chi connectivity index (χ1v) is 26.6. The van der Waals surface area contributed by atoms with E-state index in [4.69, 9.17) is 9.47 Å². The topological polar surface area (TPSA) is 153 Å². The van der Waals surface area contributed by atoms with E-state index in [1.807, 2.05) is 74.5 Å². The summed E-state index contributed by atoms with van der Waals surface area (Å²) in [5.74, 6) is -8.92. The van der Waals surface area contributed by atoms with Crippen LogP contribution in [0.1, 0.15) is 209 Å². The Kier molecular flexibility index (Phi) is 20.8. The number of hydrogen-bond donors (Lipinski definition) is 0. The summed E-state index contributed by atoms with van der Waals surface area (Å²) in [7, 11) is 0. The molecule has 0 spiro atoms. The number of piperidine rings is 2. The first-order valence-electron chi connectivity index (χ1n) is 26.6. The molecule has 0 radical (unpaired) electrons. The van der Waals surface area contributed by atoms with Gasteiger partial charge in [-0.2, -0.15) is 0 Å². The maximum atomic E-state index is 14.9. The Labute approximate surface area is 445 Å². The van der Waals surface area contributed by atoms with E-state index >= 15 is 0 Å². The molecule has 0 saturated carbocycles. The van der Waals surface area contributed by atoms with Gasteiger partial charge in [-0.25, -0.2) is 37.1 Å². The Morgan fingerprint density at radius 3 is 1.21 bits per heavy atom. The third kappa shape index (κ3) is 17.4. The molecule has 2 fully saturated rings. The Balaban J connectivity index is 0.000000281. The summed E-state index contributed by atoms with van der Waals surface area (Å²) >= 11 is 0. The molecular formula is C60H76F4N4O8. The van der Waals surface area contributed by atoms with Crippen LogP contribution in [0, 0.1) is 11.8 Å². The third-order valence-corrected chi connectivity index (χ3v) is 13.7. The van der Waals surface area contributed by atoms with Crippen molar-refractivity contribution >= 4 is 35.3 Å². The van der Waals surface area contributed by atoms with Crippen LogP contribution in [0.5, 0.6) is 0 Å².